The lowest BCUT2D eigenvalue weighted by atomic mass is 9.95. The van der Waals surface area contributed by atoms with Crippen molar-refractivity contribution in [1.82, 2.24) is 24.6 Å². The molecule has 1 atom stereocenters. The van der Waals surface area contributed by atoms with Crippen molar-refractivity contribution in [3.63, 3.8) is 0 Å². The van der Waals surface area contributed by atoms with Crippen LogP contribution in [-0.2, 0) is 13.0 Å². The topological polar surface area (TPSA) is 84.1 Å². The number of carboxylic acids is 1. The molecule has 0 aliphatic carbocycles. The van der Waals surface area contributed by atoms with Crippen molar-refractivity contribution in [2.45, 2.75) is 25.8 Å². The maximum absolute atomic E-state index is 11.0. The van der Waals surface area contributed by atoms with Gasteiger partial charge in [-0.3, -0.25) is 4.90 Å². The zero-order valence-corrected chi connectivity index (χ0v) is 15.7. The van der Waals surface area contributed by atoms with E-state index in [2.05, 4.69) is 26.0 Å². The molecule has 27 heavy (non-hydrogen) atoms. The van der Waals surface area contributed by atoms with Crippen LogP contribution in [0.5, 0.6) is 0 Å². The molecule has 4 rings (SSSR count). The summed E-state index contributed by atoms with van der Waals surface area (Å²) in [7, 11) is 0. The molecule has 1 unspecified atom stereocenters. The fourth-order valence-electron chi connectivity index (χ4n) is 3.52. The smallest absolute Gasteiger partial charge is 0.355 e. The van der Waals surface area contributed by atoms with Crippen LogP contribution < -0.4 is 0 Å². The maximum atomic E-state index is 11.0. The molecule has 0 bridgehead atoms. The number of rotatable bonds is 6. The Morgan fingerprint density at radius 2 is 2.30 bits per heavy atom. The second-order valence-electron chi connectivity index (χ2n) is 6.85. The Morgan fingerprint density at radius 1 is 1.37 bits per heavy atom. The highest BCUT2D eigenvalue weighted by Crippen LogP contribution is 2.24. The molecule has 0 spiro atoms. The molecule has 0 amide bonds. The van der Waals surface area contributed by atoms with Crippen molar-refractivity contribution >= 4 is 17.3 Å². The van der Waals surface area contributed by atoms with E-state index in [9.17, 15) is 4.79 Å². The van der Waals surface area contributed by atoms with E-state index < -0.39 is 5.97 Å². The molecule has 8 heteroatoms. The normalized spacial score (nSPS) is 17.9. The summed E-state index contributed by atoms with van der Waals surface area (Å²) in [6.45, 7) is 2.96. The minimum absolute atomic E-state index is 0.158. The number of nitrogens with zero attached hydrogens (tertiary/aromatic N) is 5. The first kappa shape index (κ1) is 17.8. The van der Waals surface area contributed by atoms with E-state index in [1.54, 1.807) is 16.3 Å². The number of piperidine rings is 1. The number of hydrogen-bond donors (Lipinski definition) is 1. The van der Waals surface area contributed by atoms with Crippen LogP contribution in [0.2, 0.25) is 0 Å². The molecular formula is C19H21N5O2S. The lowest BCUT2D eigenvalue weighted by molar-refractivity contribution is 0.0691. The van der Waals surface area contributed by atoms with E-state index in [0.29, 0.717) is 5.92 Å². The molecule has 0 radical (unpaired) electrons. The van der Waals surface area contributed by atoms with E-state index in [0.717, 1.165) is 49.7 Å². The molecule has 1 saturated heterocycles. The van der Waals surface area contributed by atoms with Crippen LogP contribution in [0.25, 0.3) is 5.82 Å². The van der Waals surface area contributed by atoms with Crippen molar-refractivity contribution < 1.29 is 9.90 Å². The van der Waals surface area contributed by atoms with Gasteiger partial charge in [0.1, 0.15) is 0 Å². The first-order valence-corrected chi connectivity index (χ1v) is 9.90. The molecule has 1 N–H and O–H groups in total. The van der Waals surface area contributed by atoms with Gasteiger partial charge in [0.05, 0.1) is 5.01 Å². The van der Waals surface area contributed by atoms with Gasteiger partial charge in [0.2, 0.25) is 0 Å². The molecule has 4 heterocycles. The Labute approximate surface area is 161 Å². The lowest BCUT2D eigenvalue weighted by Crippen LogP contribution is -2.35. The lowest BCUT2D eigenvalue weighted by Gasteiger charge is -2.32. The molecule has 1 fully saturated rings. The maximum Gasteiger partial charge on any atom is 0.355 e. The first-order chi connectivity index (χ1) is 13.2. The molecule has 3 aromatic rings. The van der Waals surface area contributed by atoms with Crippen molar-refractivity contribution in [2.24, 2.45) is 5.92 Å². The molecule has 0 aromatic carbocycles. The molecule has 1 aliphatic heterocycles. The Bertz CT molecular complexity index is 891. The Kier molecular flexibility index (Phi) is 5.26. The summed E-state index contributed by atoms with van der Waals surface area (Å²) >= 11 is 1.45. The Morgan fingerprint density at radius 3 is 3.00 bits per heavy atom. The zero-order valence-electron chi connectivity index (χ0n) is 14.9. The van der Waals surface area contributed by atoms with Gasteiger partial charge in [0, 0.05) is 43.5 Å². The van der Waals surface area contributed by atoms with Crippen molar-refractivity contribution in [1.29, 1.82) is 0 Å². The van der Waals surface area contributed by atoms with Crippen LogP contribution in [0.1, 0.15) is 33.9 Å². The third-order valence-corrected chi connectivity index (χ3v) is 5.66. The van der Waals surface area contributed by atoms with Gasteiger partial charge >= 0.3 is 5.97 Å². The molecular weight excluding hydrogens is 362 g/mol. The highest BCUT2D eigenvalue weighted by molar-refractivity contribution is 7.09. The second kappa shape index (κ2) is 7.98. The first-order valence-electron chi connectivity index (χ1n) is 9.02. The third-order valence-electron chi connectivity index (χ3n) is 4.79. The molecule has 7 nitrogen and oxygen atoms in total. The van der Waals surface area contributed by atoms with Gasteiger partial charge in [-0.1, -0.05) is 6.07 Å². The summed E-state index contributed by atoms with van der Waals surface area (Å²) < 4.78 is 1.75. The number of aromatic carboxylic acids is 1. The van der Waals surface area contributed by atoms with Gasteiger partial charge < -0.3 is 5.11 Å². The average Bonchev–Trinajstić information content (AvgIpc) is 3.35. The summed E-state index contributed by atoms with van der Waals surface area (Å²) in [4.78, 5) is 22.2. The zero-order chi connectivity index (χ0) is 18.6. The van der Waals surface area contributed by atoms with Crippen molar-refractivity contribution in [3.8, 4) is 5.82 Å². The standard InChI is InChI=1S/C19H21N5O2S/c25-19(26)16-13-27-18(22-16)9-14-3-1-7-23(11-14)12-15-4-5-17(20-10-15)24-8-2-6-21-24/h2,4-6,8,10,13-14H,1,3,7,9,11-12H2,(H,25,26). The summed E-state index contributed by atoms with van der Waals surface area (Å²) in [6.07, 6.45) is 8.71. The average molecular weight is 383 g/mol. The number of hydrogen-bond acceptors (Lipinski definition) is 6. The Balaban J connectivity index is 1.34. The number of aromatic nitrogens is 4. The van der Waals surface area contributed by atoms with Crippen LogP contribution in [-0.4, -0.2) is 48.8 Å². The largest absolute Gasteiger partial charge is 0.476 e. The van der Waals surface area contributed by atoms with Gasteiger partial charge in [-0.05, 0) is 43.0 Å². The molecule has 0 saturated carbocycles. The van der Waals surface area contributed by atoms with E-state index in [4.69, 9.17) is 5.11 Å². The highest BCUT2D eigenvalue weighted by atomic mass is 32.1. The van der Waals surface area contributed by atoms with Crippen LogP contribution in [0, 0.1) is 5.92 Å². The van der Waals surface area contributed by atoms with Crippen LogP contribution >= 0.6 is 11.3 Å². The van der Waals surface area contributed by atoms with Gasteiger partial charge in [0.25, 0.3) is 0 Å². The second-order valence-corrected chi connectivity index (χ2v) is 7.80. The molecule has 140 valence electrons. The summed E-state index contributed by atoms with van der Waals surface area (Å²) in [5.41, 5.74) is 1.35. The van der Waals surface area contributed by atoms with Gasteiger partial charge in [0.15, 0.2) is 11.5 Å². The van der Waals surface area contributed by atoms with Gasteiger partial charge in [-0.2, -0.15) is 5.10 Å². The van der Waals surface area contributed by atoms with Crippen LogP contribution in [0.3, 0.4) is 0 Å². The van der Waals surface area contributed by atoms with Crippen LogP contribution in [0.15, 0.2) is 42.2 Å². The van der Waals surface area contributed by atoms with Gasteiger partial charge in [-0.15, -0.1) is 11.3 Å². The van der Waals surface area contributed by atoms with E-state index in [-0.39, 0.29) is 5.69 Å². The van der Waals surface area contributed by atoms with Gasteiger partial charge in [-0.25, -0.2) is 19.4 Å². The molecule has 1 aliphatic rings. The number of carboxylic acid groups (broad SMARTS) is 1. The predicted octanol–water partition coefficient (Wildman–Crippen LogP) is 2.88. The monoisotopic (exact) mass is 383 g/mol. The quantitative estimate of drug-likeness (QED) is 0.705. The third kappa shape index (κ3) is 4.40. The van der Waals surface area contributed by atoms with Crippen LogP contribution in [0.4, 0.5) is 0 Å². The number of pyridine rings is 1. The number of thiazole rings is 1. The SMILES string of the molecule is O=C(O)c1csc(CC2CCCN(Cc3ccc(-n4cccn4)nc3)C2)n1. The number of carbonyl (C=O) groups is 1. The fraction of sp³-hybridized carbons (Fsp3) is 0.368. The van der Waals surface area contributed by atoms with Crippen molar-refractivity contribution in [3.05, 3.63) is 58.4 Å². The van der Waals surface area contributed by atoms with E-state index >= 15 is 0 Å². The predicted molar refractivity (Wildman–Crippen MR) is 102 cm³/mol. The Hall–Kier alpha value is -2.58. The highest BCUT2D eigenvalue weighted by Gasteiger charge is 2.22. The van der Waals surface area contributed by atoms with Crippen molar-refractivity contribution in [2.75, 3.05) is 13.1 Å². The fourth-order valence-corrected chi connectivity index (χ4v) is 4.40. The van der Waals surface area contributed by atoms with E-state index in [1.807, 2.05) is 24.5 Å². The van der Waals surface area contributed by atoms with E-state index in [1.165, 1.54) is 16.9 Å². The summed E-state index contributed by atoms with van der Waals surface area (Å²) in [5.74, 6) is 0.384. The minimum atomic E-state index is -0.950. The molecule has 3 aromatic heterocycles. The summed E-state index contributed by atoms with van der Waals surface area (Å²) in [6, 6.07) is 5.98. The summed E-state index contributed by atoms with van der Waals surface area (Å²) in [5, 5.41) is 15.8. The minimum Gasteiger partial charge on any atom is -0.476 e. The number of likely N-dealkylation sites (tertiary alicyclic amines) is 1.